The maximum atomic E-state index is 12.8. The van der Waals surface area contributed by atoms with Gasteiger partial charge >= 0.3 is 0 Å². The van der Waals surface area contributed by atoms with Crippen molar-refractivity contribution in [3.63, 3.8) is 0 Å². The van der Waals surface area contributed by atoms with Crippen LogP contribution in [0.15, 0.2) is 42.5 Å². The molecule has 2 aromatic rings. The standard InChI is InChI=1S/C25H29N3O3/c1-25(2,3)28-23(30)20-12-9-18(15-21(20)24(28)31)22(29)26-19-10-7-17(8-11-19)16-27-13-5-4-6-14-27/h7-12,15H,4-6,13-14,16H2,1-3H3,(H,26,29). The second-order valence-corrected chi connectivity index (χ2v) is 9.36. The molecule has 2 aromatic carbocycles. The maximum absolute atomic E-state index is 12.8. The summed E-state index contributed by atoms with van der Waals surface area (Å²) in [6, 6.07) is 12.6. The summed E-state index contributed by atoms with van der Waals surface area (Å²) in [7, 11) is 0. The first-order valence-corrected chi connectivity index (χ1v) is 10.9. The number of carbonyl (C=O) groups excluding carboxylic acids is 3. The number of rotatable bonds is 4. The Morgan fingerprint density at radius 2 is 1.55 bits per heavy atom. The zero-order valence-corrected chi connectivity index (χ0v) is 18.4. The largest absolute Gasteiger partial charge is 0.322 e. The molecule has 0 spiro atoms. The van der Waals surface area contributed by atoms with Crippen LogP contribution in [0.5, 0.6) is 0 Å². The number of nitrogens with one attached hydrogen (secondary N) is 1. The smallest absolute Gasteiger partial charge is 0.262 e. The number of fused-ring (bicyclic) bond motifs is 1. The predicted molar refractivity (Wildman–Crippen MR) is 120 cm³/mol. The van der Waals surface area contributed by atoms with E-state index in [0.29, 0.717) is 16.8 Å². The molecular weight excluding hydrogens is 390 g/mol. The number of piperidine rings is 1. The summed E-state index contributed by atoms with van der Waals surface area (Å²) in [5, 5.41) is 2.89. The molecule has 0 atom stereocenters. The van der Waals surface area contributed by atoms with Crippen molar-refractivity contribution in [1.29, 1.82) is 0 Å². The third-order valence-electron chi connectivity index (χ3n) is 5.89. The van der Waals surface area contributed by atoms with Crippen molar-refractivity contribution in [3.8, 4) is 0 Å². The number of anilines is 1. The number of carbonyl (C=O) groups is 3. The number of hydrogen-bond donors (Lipinski definition) is 1. The summed E-state index contributed by atoms with van der Waals surface area (Å²) >= 11 is 0. The van der Waals surface area contributed by atoms with Crippen LogP contribution >= 0.6 is 0 Å². The Bertz CT molecular complexity index is 1020. The van der Waals surface area contributed by atoms with Crippen LogP contribution in [0.2, 0.25) is 0 Å². The Morgan fingerprint density at radius 1 is 0.903 bits per heavy atom. The van der Waals surface area contributed by atoms with E-state index in [2.05, 4.69) is 10.2 Å². The number of hydrogen-bond acceptors (Lipinski definition) is 4. The fraction of sp³-hybridized carbons (Fsp3) is 0.400. The minimum absolute atomic E-state index is 0.282. The molecular formula is C25H29N3O3. The van der Waals surface area contributed by atoms with Crippen molar-refractivity contribution in [2.24, 2.45) is 0 Å². The van der Waals surface area contributed by atoms with E-state index in [1.54, 1.807) is 12.1 Å². The van der Waals surface area contributed by atoms with Gasteiger partial charge in [-0.15, -0.1) is 0 Å². The Hall–Kier alpha value is -2.99. The van der Waals surface area contributed by atoms with Gasteiger partial charge in [0.25, 0.3) is 17.7 Å². The zero-order valence-electron chi connectivity index (χ0n) is 18.4. The van der Waals surface area contributed by atoms with Gasteiger partial charge in [0.15, 0.2) is 0 Å². The van der Waals surface area contributed by atoms with E-state index in [9.17, 15) is 14.4 Å². The lowest BCUT2D eigenvalue weighted by atomic mass is 10.1. The van der Waals surface area contributed by atoms with Gasteiger partial charge in [0.1, 0.15) is 0 Å². The summed E-state index contributed by atoms with van der Waals surface area (Å²) in [6.07, 6.45) is 3.84. The van der Waals surface area contributed by atoms with E-state index >= 15 is 0 Å². The van der Waals surface area contributed by atoms with Gasteiger partial charge in [0.05, 0.1) is 11.1 Å². The molecule has 4 rings (SSSR count). The monoisotopic (exact) mass is 419 g/mol. The first-order valence-electron chi connectivity index (χ1n) is 10.9. The highest BCUT2D eigenvalue weighted by atomic mass is 16.2. The molecule has 1 fully saturated rings. The second-order valence-electron chi connectivity index (χ2n) is 9.36. The van der Waals surface area contributed by atoms with Gasteiger partial charge in [-0.2, -0.15) is 0 Å². The summed E-state index contributed by atoms with van der Waals surface area (Å²) in [5.74, 6) is -0.978. The molecule has 31 heavy (non-hydrogen) atoms. The van der Waals surface area contributed by atoms with Crippen LogP contribution in [0.4, 0.5) is 5.69 Å². The Labute approximate surface area is 183 Å². The molecule has 0 aliphatic carbocycles. The second kappa shape index (κ2) is 8.27. The van der Waals surface area contributed by atoms with Crippen LogP contribution < -0.4 is 5.32 Å². The summed E-state index contributed by atoms with van der Waals surface area (Å²) in [6.45, 7) is 8.67. The molecule has 0 aromatic heterocycles. The van der Waals surface area contributed by atoms with Gasteiger partial charge in [-0.1, -0.05) is 18.6 Å². The summed E-state index contributed by atoms with van der Waals surface area (Å²) in [5.41, 5.74) is 2.29. The first-order chi connectivity index (χ1) is 14.7. The normalized spacial score (nSPS) is 17.1. The number of nitrogens with zero attached hydrogens (tertiary/aromatic N) is 2. The SMILES string of the molecule is CC(C)(C)N1C(=O)c2ccc(C(=O)Nc3ccc(CN4CCCCC4)cc3)cc2C1=O. The minimum Gasteiger partial charge on any atom is -0.322 e. The van der Waals surface area contributed by atoms with Crippen molar-refractivity contribution in [3.05, 3.63) is 64.7 Å². The van der Waals surface area contributed by atoms with Crippen LogP contribution in [-0.4, -0.2) is 46.1 Å². The molecule has 0 bridgehead atoms. The van der Waals surface area contributed by atoms with Gasteiger partial charge in [-0.25, -0.2) is 0 Å². The molecule has 6 nitrogen and oxygen atoms in total. The number of likely N-dealkylation sites (tertiary alicyclic amines) is 1. The average Bonchev–Trinajstić information content (AvgIpc) is 3.00. The number of amides is 3. The number of imide groups is 1. The van der Waals surface area contributed by atoms with Gasteiger partial charge in [0.2, 0.25) is 0 Å². The lowest BCUT2D eigenvalue weighted by Gasteiger charge is -2.29. The van der Waals surface area contributed by atoms with E-state index in [0.717, 1.165) is 19.6 Å². The van der Waals surface area contributed by atoms with Gasteiger partial charge in [0, 0.05) is 23.3 Å². The predicted octanol–water partition coefficient (Wildman–Crippen LogP) is 4.32. The third-order valence-corrected chi connectivity index (χ3v) is 5.89. The van der Waals surface area contributed by atoms with Crippen molar-refractivity contribution in [2.45, 2.75) is 52.1 Å². The van der Waals surface area contributed by atoms with Crippen molar-refractivity contribution in [1.82, 2.24) is 9.80 Å². The molecule has 1 N–H and O–H groups in total. The van der Waals surface area contributed by atoms with Crippen LogP contribution in [0, 0.1) is 0 Å². The highest BCUT2D eigenvalue weighted by molar-refractivity contribution is 6.22. The Morgan fingerprint density at radius 3 is 2.19 bits per heavy atom. The summed E-state index contributed by atoms with van der Waals surface area (Å²) in [4.78, 5) is 41.8. The van der Waals surface area contributed by atoms with Crippen molar-refractivity contribution >= 4 is 23.4 Å². The van der Waals surface area contributed by atoms with Gasteiger partial charge in [-0.05, 0) is 82.6 Å². The molecule has 162 valence electrons. The lowest BCUT2D eigenvalue weighted by Crippen LogP contribution is -2.45. The zero-order chi connectivity index (χ0) is 22.2. The van der Waals surface area contributed by atoms with Crippen LogP contribution in [0.1, 0.15) is 76.7 Å². The molecule has 0 saturated carbocycles. The van der Waals surface area contributed by atoms with E-state index in [1.165, 1.54) is 35.8 Å². The van der Waals surface area contributed by atoms with Gasteiger partial charge in [-0.3, -0.25) is 24.2 Å². The van der Waals surface area contributed by atoms with E-state index in [1.807, 2.05) is 45.0 Å². The average molecular weight is 420 g/mol. The quantitative estimate of drug-likeness (QED) is 0.750. The van der Waals surface area contributed by atoms with Gasteiger partial charge < -0.3 is 5.32 Å². The first kappa shape index (κ1) is 21.2. The van der Waals surface area contributed by atoms with Crippen molar-refractivity contribution in [2.75, 3.05) is 18.4 Å². The lowest BCUT2D eigenvalue weighted by molar-refractivity contribution is 0.0507. The van der Waals surface area contributed by atoms with Crippen LogP contribution in [-0.2, 0) is 6.54 Å². The topological polar surface area (TPSA) is 69.7 Å². The minimum atomic E-state index is -0.619. The van der Waals surface area contributed by atoms with Crippen LogP contribution in [0.25, 0.3) is 0 Å². The molecule has 0 radical (unpaired) electrons. The molecule has 0 unspecified atom stereocenters. The third kappa shape index (κ3) is 4.39. The maximum Gasteiger partial charge on any atom is 0.262 e. The van der Waals surface area contributed by atoms with Crippen LogP contribution in [0.3, 0.4) is 0 Å². The van der Waals surface area contributed by atoms with E-state index < -0.39 is 5.54 Å². The molecule has 2 aliphatic heterocycles. The molecule has 1 saturated heterocycles. The Balaban J connectivity index is 1.45. The van der Waals surface area contributed by atoms with E-state index in [-0.39, 0.29) is 23.3 Å². The van der Waals surface area contributed by atoms with E-state index in [4.69, 9.17) is 0 Å². The number of benzene rings is 2. The molecule has 2 heterocycles. The fourth-order valence-electron chi connectivity index (χ4n) is 4.26. The molecule has 2 aliphatic rings. The highest BCUT2D eigenvalue weighted by Gasteiger charge is 2.42. The fourth-order valence-corrected chi connectivity index (χ4v) is 4.26. The Kier molecular flexibility index (Phi) is 5.67. The summed E-state index contributed by atoms with van der Waals surface area (Å²) < 4.78 is 0. The molecule has 6 heteroatoms. The van der Waals surface area contributed by atoms with Crippen molar-refractivity contribution < 1.29 is 14.4 Å². The highest BCUT2D eigenvalue weighted by Crippen LogP contribution is 2.30. The molecule has 3 amide bonds.